The Bertz CT molecular complexity index is 494. The van der Waals surface area contributed by atoms with E-state index in [0.29, 0.717) is 30.5 Å². The molecule has 0 aliphatic rings. The fourth-order valence-electron chi connectivity index (χ4n) is 1.63. The van der Waals surface area contributed by atoms with Gasteiger partial charge < -0.3 is 20.6 Å². The number of anilines is 2. The van der Waals surface area contributed by atoms with Gasteiger partial charge in [-0.15, -0.1) is 0 Å². The zero-order chi connectivity index (χ0) is 16.7. The largest absolute Gasteiger partial charge is 0.379 e. The van der Waals surface area contributed by atoms with E-state index < -0.39 is 6.23 Å². The van der Waals surface area contributed by atoms with Crippen LogP contribution in [0.15, 0.2) is 6.07 Å². The third kappa shape index (κ3) is 5.12. The second-order valence-corrected chi connectivity index (χ2v) is 5.07. The highest BCUT2D eigenvalue weighted by molar-refractivity contribution is 5.93. The number of nitrogens with one attached hydrogen (secondary N) is 2. The van der Waals surface area contributed by atoms with Crippen LogP contribution in [0.25, 0.3) is 0 Å². The molecule has 0 saturated heterocycles. The number of aromatic nitrogens is 2. The van der Waals surface area contributed by atoms with Gasteiger partial charge in [-0.1, -0.05) is 0 Å². The summed E-state index contributed by atoms with van der Waals surface area (Å²) in [4.78, 5) is 24.1. The highest BCUT2D eigenvalue weighted by Crippen LogP contribution is 2.13. The van der Waals surface area contributed by atoms with Crippen molar-refractivity contribution in [2.75, 3.05) is 51.0 Å². The van der Waals surface area contributed by atoms with Gasteiger partial charge in [-0.25, -0.2) is 4.98 Å². The predicted molar refractivity (Wildman–Crippen MR) is 87.2 cm³/mol. The molecule has 0 saturated carbocycles. The zero-order valence-corrected chi connectivity index (χ0v) is 13.9. The summed E-state index contributed by atoms with van der Waals surface area (Å²) in [7, 11) is 5.27. The molecule has 124 valence electrons. The van der Waals surface area contributed by atoms with Crippen LogP contribution in [0.5, 0.6) is 0 Å². The van der Waals surface area contributed by atoms with Gasteiger partial charge in [-0.05, 0) is 20.9 Å². The number of hydrogen-bond acceptors (Lipinski definition) is 7. The van der Waals surface area contributed by atoms with Crippen molar-refractivity contribution in [1.29, 1.82) is 0 Å². The van der Waals surface area contributed by atoms with Gasteiger partial charge in [0.25, 0.3) is 5.91 Å². The van der Waals surface area contributed by atoms with Gasteiger partial charge in [0.15, 0.2) is 0 Å². The van der Waals surface area contributed by atoms with Crippen LogP contribution in [0.1, 0.15) is 24.3 Å². The Morgan fingerprint density at radius 3 is 2.64 bits per heavy atom. The molecule has 0 bridgehead atoms. The third-order valence-corrected chi connectivity index (χ3v) is 3.40. The van der Waals surface area contributed by atoms with Gasteiger partial charge in [-0.2, -0.15) is 4.98 Å². The van der Waals surface area contributed by atoms with Gasteiger partial charge in [0, 0.05) is 39.8 Å². The molecule has 1 amide bonds. The number of nitrogens with zero attached hydrogens (tertiary/aromatic N) is 4. The van der Waals surface area contributed by atoms with Crippen LogP contribution in [0.3, 0.4) is 0 Å². The molecule has 0 aliphatic carbocycles. The summed E-state index contributed by atoms with van der Waals surface area (Å²) in [5, 5.41) is 15.2. The Hall–Kier alpha value is -1.93. The molecule has 8 nitrogen and oxygen atoms in total. The Balaban J connectivity index is 2.86. The van der Waals surface area contributed by atoms with Crippen molar-refractivity contribution >= 4 is 17.7 Å². The zero-order valence-electron chi connectivity index (χ0n) is 13.9. The smallest absolute Gasteiger partial charge is 0.269 e. The maximum atomic E-state index is 11.8. The summed E-state index contributed by atoms with van der Waals surface area (Å²) in [6.45, 7) is 5.68. The van der Waals surface area contributed by atoms with Crippen LogP contribution in [-0.2, 0) is 0 Å². The molecule has 1 rings (SSSR count). The van der Waals surface area contributed by atoms with Crippen LogP contribution < -0.4 is 15.5 Å². The van der Waals surface area contributed by atoms with E-state index in [1.165, 1.54) is 0 Å². The third-order valence-electron chi connectivity index (χ3n) is 3.40. The van der Waals surface area contributed by atoms with Crippen LogP contribution in [0.4, 0.5) is 11.8 Å². The molecular weight excluding hydrogens is 284 g/mol. The lowest BCUT2D eigenvalue weighted by Gasteiger charge is -2.20. The van der Waals surface area contributed by atoms with Gasteiger partial charge in [-0.3, -0.25) is 9.69 Å². The molecule has 1 heterocycles. The van der Waals surface area contributed by atoms with Crippen molar-refractivity contribution in [1.82, 2.24) is 20.2 Å². The highest BCUT2D eigenvalue weighted by Gasteiger charge is 2.13. The average Bonchev–Trinajstić information content (AvgIpc) is 2.52. The highest BCUT2D eigenvalue weighted by atomic mass is 16.3. The predicted octanol–water partition coefficient (Wildman–Crippen LogP) is -0.0257. The first-order chi connectivity index (χ1) is 10.4. The van der Waals surface area contributed by atoms with Crippen molar-refractivity contribution in [3.63, 3.8) is 0 Å². The molecular formula is C14H26N6O2. The van der Waals surface area contributed by atoms with Crippen molar-refractivity contribution in [3.8, 4) is 0 Å². The second-order valence-electron chi connectivity index (χ2n) is 5.07. The molecule has 1 unspecified atom stereocenters. The summed E-state index contributed by atoms with van der Waals surface area (Å²) in [6.07, 6.45) is -0.504. The number of amides is 1. The minimum absolute atomic E-state index is 0.252. The van der Waals surface area contributed by atoms with Crippen LogP contribution in [-0.4, -0.2) is 72.9 Å². The summed E-state index contributed by atoms with van der Waals surface area (Å²) in [6, 6.07) is 1.62. The lowest BCUT2D eigenvalue weighted by molar-refractivity contribution is 0.0414. The number of rotatable bonds is 8. The number of aliphatic hydroxyl groups excluding tert-OH is 1. The Labute approximate surface area is 131 Å². The monoisotopic (exact) mass is 310 g/mol. The first kappa shape index (κ1) is 18.1. The summed E-state index contributed by atoms with van der Waals surface area (Å²) in [5.74, 6) is 0.829. The lowest BCUT2D eigenvalue weighted by atomic mass is 10.3. The number of carbonyl (C=O) groups is 1. The van der Waals surface area contributed by atoms with Gasteiger partial charge in [0.05, 0.1) is 0 Å². The molecule has 8 heteroatoms. The number of hydrogen-bond donors (Lipinski definition) is 3. The molecule has 0 fully saturated rings. The summed E-state index contributed by atoms with van der Waals surface area (Å²) >= 11 is 0. The normalized spacial score (nSPS) is 12.1. The Kier molecular flexibility index (Phi) is 7.00. The number of carbonyl (C=O) groups excluding carboxylic acids is 1. The van der Waals surface area contributed by atoms with Crippen molar-refractivity contribution in [2.24, 2.45) is 0 Å². The lowest BCUT2D eigenvalue weighted by Crippen LogP contribution is -2.33. The van der Waals surface area contributed by atoms with E-state index in [-0.39, 0.29) is 5.91 Å². The number of aliphatic hydroxyl groups is 1. The summed E-state index contributed by atoms with van der Waals surface area (Å²) < 4.78 is 0. The first-order valence-corrected chi connectivity index (χ1v) is 7.33. The van der Waals surface area contributed by atoms with E-state index in [2.05, 4.69) is 20.6 Å². The Morgan fingerprint density at radius 1 is 1.41 bits per heavy atom. The van der Waals surface area contributed by atoms with Gasteiger partial charge in [0.2, 0.25) is 5.95 Å². The van der Waals surface area contributed by atoms with Crippen LogP contribution in [0.2, 0.25) is 0 Å². The van der Waals surface area contributed by atoms with Gasteiger partial charge in [0.1, 0.15) is 17.7 Å². The fourth-order valence-corrected chi connectivity index (χ4v) is 1.63. The second kappa shape index (κ2) is 8.50. The molecule has 0 spiro atoms. The van der Waals surface area contributed by atoms with Crippen molar-refractivity contribution in [2.45, 2.75) is 20.1 Å². The molecule has 1 aromatic heterocycles. The van der Waals surface area contributed by atoms with Crippen molar-refractivity contribution < 1.29 is 9.90 Å². The summed E-state index contributed by atoms with van der Waals surface area (Å²) in [5.41, 5.74) is 0.319. The minimum Gasteiger partial charge on any atom is -0.379 e. The molecule has 0 aromatic carbocycles. The molecule has 1 aromatic rings. The maximum absolute atomic E-state index is 11.8. The van der Waals surface area contributed by atoms with E-state index >= 15 is 0 Å². The minimum atomic E-state index is -0.504. The SMILES string of the molecule is CCN(C)c1nc(NCCN(C)C(C)O)cc(C(=O)NC)n1. The van der Waals surface area contributed by atoms with Gasteiger partial charge >= 0.3 is 0 Å². The van der Waals surface area contributed by atoms with E-state index in [1.807, 2.05) is 25.9 Å². The fraction of sp³-hybridized carbons (Fsp3) is 0.643. The average molecular weight is 310 g/mol. The molecule has 22 heavy (non-hydrogen) atoms. The molecule has 0 aliphatic heterocycles. The van der Waals surface area contributed by atoms with E-state index in [4.69, 9.17) is 0 Å². The Morgan fingerprint density at radius 2 is 2.09 bits per heavy atom. The van der Waals surface area contributed by atoms with E-state index in [1.54, 1.807) is 24.9 Å². The molecule has 0 radical (unpaired) electrons. The standard InChI is InChI=1S/C14H26N6O2/c1-6-19(4)14-17-11(13(22)15-3)9-12(18-14)16-7-8-20(5)10(2)21/h9-10,21H,6-8H2,1-5H3,(H,15,22)(H,16,17,18). The number of likely N-dealkylation sites (N-methyl/N-ethyl adjacent to an activating group) is 1. The van der Waals surface area contributed by atoms with Crippen molar-refractivity contribution in [3.05, 3.63) is 11.8 Å². The first-order valence-electron chi connectivity index (χ1n) is 7.33. The maximum Gasteiger partial charge on any atom is 0.269 e. The topological polar surface area (TPSA) is 93.6 Å². The quantitative estimate of drug-likeness (QED) is 0.581. The molecule has 3 N–H and O–H groups in total. The van der Waals surface area contributed by atoms with Crippen LogP contribution >= 0.6 is 0 Å². The molecule has 1 atom stereocenters. The van der Waals surface area contributed by atoms with E-state index in [9.17, 15) is 9.90 Å². The van der Waals surface area contributed by atoms with E-state index in [0.717, 1.165) is 6.54 Å². The van der Waals surface area contributed by atoms with Crippen LogP contribution in [0, 0.1) is 0 Å².